The summed E-state index contributed by atoms with van der Waals surface area (Å²) in [6.45, 7) is 0.426. The third-order valence-electron chi connectivity index (χ3n) is 4.85. The molecule has 0 bridgehead atoms. The highest BCUT2D eigenvalue weighted by molar-refractivity contribution is 7.99. The fraction of sp³-hybridized carbons (Fsp3) is 0.471. The molecule has 1 fully saturated rings. The van der Waals surface area contributed by atoms with Crippen LogP contribution in [0, 0.1) is 0 Å². The Kier molecular flexibility index (Phi) is 6.43. The Morgan fingerprint density at radius 2 is 1.80 bits per heavy atom. The monoisotopic (exact) mass is 463 g/mol. The lowest BCUT2D eigenvalue weighted by molar-refractivity contribution is -0.137. The molecule has 1 aromatic heterocycles. The van der Waals surface area contributed by atoms with Gasteiger partial charge in [0.2, 0.25) is 15.9 Å². The van der Waals surface area contributed by atoms with Crippen LogP contribution in [0.15, 0.2) is 34.3 Å². The highest BCUT2D eigenvalue weighted by Crippen LogP contribution is 2.33. The van der Waals surface area contributed by atoms with Crippen molar-refractivity contribution in [1.29, 1.82) is 0 Å². The van der Waals surface area contributed by atoms with E-state index >= 15 is 0 Å². The molecule has 0 unspecified atom stereocenters. The summed E-state index contributed by atoms with van der Waals surface area (Å²) in [4.78, 5) is 10.8. The first kappa shape index (κ1) is 22.6. The number of thioether (sulfide) groups is 1. The Morgan fingerprint density at radius 3 is 2.33 bits per heavy atom. The number of piperidine rings is 1. The number of primary amides is 1. The van der Waals surface area contributed by atoms with Crippen LogP contribution in [0.4, 0.5) is 13.2 Å². The lowest BCUT2D eigenvalue weighted by atomic mass is 9.97. The lowest BCUT2D eigenvalue weighted by Gasteiger charge is -2.30. The van der Waals surface area contributed by atoms with Crippen LogP contribution in [0.25, 0.3) is 0 Å². The molecule has 1 amide bonds. The summed E-state index contributed by atoms with van der Waals surface area (Å²) < 4.78 is 66.7. The number of nitrogens with two attached hydrogens (primary N) is 1. The van der Waals surface area contributed by atoms with Crippen molar-refractivity contribution in [3.63, 3.8) is 0 Å². The summed E-state index contributed by atoms with van der Waals surface area (Å²) in [6, 6.07) is 3.50. The van der Waals surface area contributed by atoms with Gasteiger partial charge in [0.1, 0.15) is 5.82 Å². The summed E-state index contributed by atoms with van der Waals surface area (Å²) in [5, 5.41) is 8.76. The number of benzene rings is 1. The Bertz CT molecular complexity index is 1010. The molecule has 8 nitrogen and oxygen atoms in total. The molecule has 2 N–H and O–H groups in total. The van der Waals surface area contributed by atoms with Crippen LogP contribution in [0.2, 0.25) is 0 Å². The second-order valence-electron chi connectivity index (χ2n) is 6.86. The fourth-order valence-corrected chi connectivity index (χ4v) is 5.39. The Labute approximate surface area is 175 Å². The molecule has 13 heteroatoms. The maximum absolute atomic E-state index is 12.8. The summed E-state index contributed by atoms with van der Waals surface area (Å²) in [5.74, 6) is 0.278. The molecule has 0 aliphatic carbocycles. The van der Waals surface area contributed by atoms with Gasteiger partial charge >= 0.3 is 6.18 Å². The van der Waals surface area contributed by atoms with E-state index in [2.05, 4.69) is 10.2 Å². The van der Waals surface area contributed by atoms with Crippen molar-refractivity contribution in [2.45, 2.75) is 35.0 Å². The van der Waals surface area contributed by atoms with Crippen LogP contribution in [0.1, 0.15) is 30.1 Å². The minimum atomic E-state index is -4.52. The average molecular weight is 464 g/mol. The molecular formula is C17H20F3N5O3S2. The van der Waals surface area contributed by atoms with Crippen LogP contribution in [0.5, 0.6) is 0 Å². The van der Waals surface area contributed by atoms with Gasteiger partial charge in [0, 0.05) is 26.1 Å². The van der Waals surface area contributed by atoms with E-state index in [0.29, 0.717) is 23.8 Å². The molecule has 2 heterocycles. The number of rotatable bonds is 6. The number of aromatic nitrogens is 3. The number of halogens is 3. The molecule has 0 atom stereocenters. The Hall–Kier alpha value is -2.12. The van der Waals surface area contributed by atoms with Gasteiger partial charge in [-0.05, 0) is 37.1 Å². The summed E-state index contributed by atoms with van der Waals surface area (Å²) in [5.41, 5.74) is 4.24. The molecular weight excluding hydrogens is 443 g/mol. The average Bonchev–Trinajstić information content (AvgIpc) is 3.06. The quantitative estimate of drug-likeness (QED) is 0.656. The first-order valence-electron chi connectivity index (χ1n) is 8.98. The van der Waals surface area contributed by atoms with Crippen molar-refractivity contribution < 1.29 is 26.4 Å². The van der Waals surface area contributed by atoms with Crippen molar-refractivity contribution >= 4 is 27.7 Å². The molecule has 0 spiro atoms. The molecule has 1 aliphatic heterocycles. The van der Waals surface area contributed by atoms with Crippen molar-refractivity contribution in [2.24, 2.45) is 12.8 Å². The van der Waals surface area contributed by atoms with Gasteiger partial charge in [-0.25, -0.2) is 8.42 Å². The summed E-state index contributed by atoms with van der Waals surface area (Å²) >= 11 is 1.17. The molecule has 1 aliphatic rings. The van der Waals surface area contributed by atoms with Crippen LogP contribution in [0.3, 0.4) is 0 Å². The van der Waals surface area contributed by atoms with Gasteiger partial charge in [-0.15, -0.1) is 10.2 Å². The second kappa shape index (κ2) is 8.55. The van der Waals surface area contributed by atoms with Crippen LogP contribution >= 0.6 is 11.8 Å². The number of alkyl halides is 3. The van der Waals surface area contributed by atoms with E-state index in [0.717, 1.165) is 24.3 Å². The van der Waals surface area contributed by atoms with Crippen LogP contribution in [-0.4, -0.2) is 52.2 Å². The van der Waals surface area contributed by atoms with Gasteiger partial charge in [0.05, 0.1) is 16.2 Å². The van der Waals surface area contributed by atoms with Gasteiger partial charge in [0.25, 0.3) is 0 Å². The van der Waals surface area contributed by atoms with E-state index in [-0.39, 0.29) is 29.7 Å². The zero-order valence-corrected chi connectivity index (χ0v) is 17.6. The smallest absolute Gasteiger partial charge is 0.369 e. The minimum absolute atomic E-state index is 0.0236. The van der Waals surface area contributed by atoms with E-state index in [4.69, 9.17) is 5.73 Å². The predicted octanol–water partition coefficient (Wildman–Crippen LogP) is 1.98. The molecule has 3 rings (SSSR count). The second-order valence-corrected chi connectivity index (χ2v) is 9.74. The van der Waals surface area contributed by atoms with Crippen molar-refractivity contribution in [2.75, 3.05) is 18.8 Å². The van der Waals surface area contributed by atoms with Crippen LogP contribution < -0.4 is 5.73 Å². The highest BCUT2D eigenvalue weighted by Gasteiger charge is 2.34. The van der Waals surface area contributed by atoms with E-state index in [1.165, 1.54) is 16.1 Å². The largest absolute Gasteiger partial charge is 0.416 e. The zero-order chi connectivity index (χ0) is 22.1. The molecule has 30 heavy (non-hydrogen) atoms. The van der Waals surface area contributed by atoms with Crippen molar-refractivity contribution in [3.05, 3.63) is 35.7 Å². The summed E-state index contributed by atoms with van der Waals surface area (Å²) in [6.07, 6.45) is -3.54. The number of nitrogens with zero attached hydrogens (tertiary/aromatic N) is 4. The first-order valence-corrected chi connectivity index (χ1v) is 11.4. The van der Waals surface area contributed by atoms with Gasteiger partial charge < -0.3 is 10.3 Å². The van der Waals surface area contributed by atoms with Crippen molar-refractivity contribution in [3.8, 4) is 0 Å². The number of amides is 1. The molecule has 0 radical (unpaired) electrons. The lowest BCUT2D eigenvalue weighted by Crippen LogP contribution is -2.38. The van der Waals surface area contributed by atoms with Crippen molar-refractivity contribution in [1.82, 2.24) is 19.1 Å². The number of carbonyl (C=O) groups is 1. The molecule has 164 valence electrons. The number of hydrogen-bond donors (Lipinski definition) is 1. The third-order valence-corrected chi connectivity index (χ3v) is 7.81. The topological polar surface area (TPSA) is 111 Å². The Morgan fingerprint density at radius 1 is 1.20 bits per heavy atom. The van der Waals surface area contributed by atoms with Crippen LogP contribution in [-0.2, 0) is 28.0 Å². The minimum Gasteiger partial charge on any atom is -0.369 e. The zero-order valence-electron chi connectivity index (χ0n) is 16.0. The number of sulfonamides is 1. The van der Waals surface area contributed by atoms with E-state index < -0.39 is 27.7 Å². The first-order chi connectivity index (χ1) is 14.0. The molecule has 1 aromatic carbocycles. The molecule has 0 saturated carbocycles. The SMILES string of the molecule is Cn1c(SCC(N)=O)nnc1C1CCN(S(=O)(=O)c2ccc(C(F)(F)F)cc2)CC1. The van der Waals surface area contributed by atoms with Gasteiger partial charge in [-0.1, -0.05) is 11.8 Å². The number of carbonyl (C=O) groups excluding carboxylic acids is 1. The van der Waals surface area contributed by atoms with E-state index in [1.54, 1.807) is 11.6 Å². The maximum atomic E-state index is 12.8. The summed E-state index contributed by atoms with van der Waals surface area (Å²) in [7, 11) is -2.12. The number of hydrogen-bond acceptors (Lipinski definition) is 6. The third kappa shape index (κ3) is 4.78. The van der Waals surface area contributed by atoms with E-state index in [9.17, 15) is 26.4 Å². The normalized spacial score (nSPS) is 16.7. The van der Waals surface area contributed by atoms with Gasteiger partial charge in [-0.2, -0.15) is 17.5 Å². The van der Waals surface area contributed by atoms with Gasteiger partial charge in [-0.3, -0.25) is 4.79 Å². The maximum Gasteiger partial charge on any atom is 0.416 e. The van der Waals surface area contributed by atoms with E-state index in [1.807, 2.05) is 0 Å². The highest BCUT2D eigenvalue weighted by atomic mass is 32.2. The fourth-order valence-electron chi connectivity index (χ4n) is 3.26. The Balaban J connectivity index is 1.67. The standard InChI is InChI=1S/C17H20F3N5O3S2/c1-24-15(22-23-16(24)29-10-14(21)26)11-6-8-25(9-7-11)30(27,28)13-4-2-12(3-5-13)17(18,19)20/h2-5,11H,6-10H2,1H3,(H2,21,26). The van der Waals surface area contributed by atoms with Gasteiger partial charge in [0.15, 0.2) is 5.16 Å². The molecule has 2 aromatic rings. The predicted molar refractivity (Wildman–Crippen MR) is 103 cm³/mol. The molecule has 1 saturated heterocycles.